The molecule has 0 aromatic heterocycles. The Morgan fingerprint density at radius 1 is 1.36 bits per heavy atom. The second-order valence-corrected chi connectivity index (χ2v) is 6.29. The van der Waals surface area contributed by atoms with Crippen LogP contribution in [0.2, 0.25) is 0 Å². The van der Waals surface area contributed by atoms with Crippen LogP contribution in [0, 0.1) is 0 Å². The van der Waals surface area contributed by atoms with E-state index in [1.54, 1.807) is 6.92 Å². The van der Waals surface area contributed by atoms with Gasteiger partial charge < -0.3 is 18.9 Å². The monoisotopic (exact) mass is 380 g/mol. The molecule has 0 unspecified atom stereocenters. The van der Waals surface area contributed by atoms with E-state index in [2.05, 4.69) is 15.9 Å². The van der Waals surface area contributed by atoms with Crippen LogP contribution in [-0.4, -0.2) is 51.2 Å². The van der Waals surface area contributed by atoms with Crippen LogP contribution in [0.1, 0.15) is 6.92 Å². The van der Waals surface area contributed by atoms with Gasteiger partial charge in [0, 0.05) is 4.47 Å². The van der Waals surface area contributed by atoms with E-state index < -0.39 is 18.6 Å². The standard InChI is InChI=1S/C15H19BrF2O4/c1-15(10-20-8-14(17)18)9-19-6-13(22-15)7-21-12-4-2-11(16)3-5-12/h2-5,13-14H,6-10H2,1H3/t13-,15+/m0/s1. The second kappa shape index (κ2) is 8.19. The molecule has 0 aliphatic carbocycles. The zero-order chi connectivity index (χ0) is 16.0. The Labute approximate surface area is 136 Å². The molecule has 0 N–H and O–H groups in total. The zero-order valence-corrected chi connectivity index (χ0v) is 13.9. The van der Waals surface area contributed by atoms with Crippen molar-refractivity contribution in [1.29, 1.82) is 0 Å². The lowest BCUT2D eigenvalue weighted by Crippen LogP contribution is -2.50. The molecule has 22 heavy (non-hydrogen) atoms. The molecule has 0 spiro atoms. The number of alkyl halides is 2. The number of ether oxygens (including phenoxy) is 4. The number of benzene rings is 1. The van der Waals surface area contributed by atoms with E-state index in [1.165, 1.54) is 0 Å². The third kappa shape index (κ3) is 5.79. The van der Waals surface area contributed by atoms with Gasteiger partial charge in [0.2, 0.25) is 0 Å². The van der Waals surface area contributed by atoms with Crippen LogP contribution >= 0.6 is 15.9 Å². The van der Waals surface area contributed by atoms with Gasteiger partial charge in [0.05, 0.1) is 19.8 Å². The van der Waals surface area contributed by atoms with Gasteiger partial charge in [-0.2, -0.15) is 0 Å². The van der Waals surface area contributed by atoms with Gasteiger partial charge in [-0.25, -0.2) is 8.78 Å². The first-order valence-corrected chi connectivity index (χ1v) is 7.76. The van der Waals surface area contributed by atoms with E-state index >= 15 is 0 Å². The van der Waals surface area contributed by atoms with Crippen LogP contribution < -0.4 is 4.74 Å². The van der Waals surface area contributed by atoms with Crippen molar-refractivity contribution >= 4 is 15.9 Å². The highest BCUT2D eigenvalue weighted by atomic mass is 79.9. The Balaban J connectivity index is 1.78. The first kappa shape index (κ1) is 17.6. The van der Waals surface area contributed by atoms with Crippen molar-refractivity contribution in [3.8, 4) is 5.75 Å². The predicted molar refractivity (Wildman–Crippen MR) is 80.6 cm³/mol. The van der Waals surface area contributed by atoms with Crippen LogP contribution in [0.4, 0.5) is 8.78 Å². The van der Waals surface area contributed by atoms with Gasteiger partial charge in [0.1, 0.15) is 30.7 Å². The highest BCUT2D eigenvalue weighted by Crippen LogP contribution is 2.22. The SMILES string of the molecule is C[C@]1(COCC(F)F)COC[C@@H](COc2ccc(Br)cc2)O1. The number of rotatable bonds is 7. The summed E-state index contributed by atoms with van der Waals surface area (Å²) < 4.78 is 47.2. The molecule has 1 heterocycles. The third-order valence-corrected chi connectivity index (χ3v) is 3.59. The summed E-state index contributed by atoms with van der Waals surface area (Å²) in [5.41, 5.74) is -0.735. The summed E-state index contributed by atoms with van der Waals surface area (Å²) in [6, 6.07) is 7.46. The van der Waals surface area contributed by atoms with E-state index in [4.69, 9.17) is 18.9 Å². The summed E-state index contributed by atoms with van der Waals surface area (Å²) in [5.74, 6) is 0.730. The molecule has 1 fully saturated rings. The van der Waals surface area contributed by atoms with Crippen LogP contribution in [-0.2, 0) is 14.2 Å². The first-order chi connectivity index (χ1) is 10.5. The van der Waals surface area contributed by atoms with Gasteiger partial charge in [-0.05, 0) is 31.2 Å². The lowest BCUT2D eigenvalue weighted by atomic mass is 10.1. The summed E-state index contributed by atoms with van der Waals surface area (Å²) >= 11 is 3.35. The highest BCUT2D eigenvalue weighted by Gasteiger charge is 2.34. The predicted octanol–water partition coefficient (Wildman–Crippen LogP) is 3.28. The lowest BCUT2D eigenvalue weighted by Gasteiger charge is -2.38. The first-order valence-electron chi connectivity index (χ1n) is 6.97. The average molecular weight is 381 g/mol. The zero-order valence-electron chi connectivity index (χ0n) is 12.3. The molecule has 0 saturated carbocycles. The summed E-state index contributed by atoms with van der Waals surface area (Å²) in [5, 5.41) is 0. The van der Waals surface area contributed by atoms with Gasteiger partial charge in [0.15, 0.2) is 0 Å². The number of hydrogen-bond acceptors (Lipinski definition) is 4. The molecule has 1 aliphatic rings. The molecule has 0 amide bonds. The molecule has 124 valence electrons. The topological polar surface area (TPSA) is 36.9 Å². The molecule has 2 rings (SSSR count). The van der Waals surface area contributed by atoms with E-state index in [1.807, 2.05) is 24.3 Å². The molecule has 1 aromatic carbocycles. The molecular weight excluding hydrogens is 362 g/mol. The fourth-order valence-corrected chi connectivity index (χ4v) is 2.38. The van der Waals surface area contributed by atoms with Gasteiger partial charge in [0.25, 0.3) is 6.43 Å². The minimum absolute atomic E-state index is 0.0616. The van der Waals surface area contributed by atoms with Crippen LogP contribution in [0.25, 0.3) is 0 Å². The maximum absolute atomic E-state index is 12.1. The molecule has 2 atom stereocenters. The Kier molecular flexibility index (Phi) is 6.55. The van der Waals surface area contributed by atoms with Crippen molar-refractivity contribution in [2.75, 3.05) is 33.0 Å². The second-order valence-electron chi connectivity index (χ2n) is 5.38. The Morgan fingerprint density at radius 3 is 2.77 bits per heavy atom. The molecule has 0 bridgehead atoms. The van der Waals surface area contributed by atoms with Gasteiger partial charge in [-0.15, -0.1) is 0 Å². The van der Waals surface area contributed by atoms with Crippen molar-refractivity contribution < 1.29 is 27.7 Å². The molecule has 7 heteroatoms. The van der Waals surface area contributed by atoms with Crippen molar-refractivity contribution in [2.45, 2.75) is 25.1 Å². The minimum atomic E-state index is -2.48. The average Bonchev–Trinajstić information content (AvgIpc) is 2.46. The third-order valence-electron chi connectivity index (χ3n) is 3.06. The minimum Gasteiger partial charge on any atom is -0.491 e. The summed E-state index contributed by atoms with van der Waals surface area (Å²) in [6.07, 6.45) is -2.75. The smallest absolute Gasteiger partial charge is 0.261 e. The van der Waals surface area contributed by atoms with Crippen LogP contribution in [0.15, 0.2) is 28.7 Å². The fourth-order valence-electron chi connectivity index (χ4n) is 2.12. The van der Waals surface area contributed by atoms with E-state index in [-0.39, 0.29) is 12.7 Å². The normalized spacial score (nSPS) is 25.4. The maximum Gasteiger partial charge on any atom is 0.261 e. The summed E-state index contributed by atoms with van der Waals surface area (Å²) in [4.78, 5) is 0. The van der Waals surface area contributed by atoms with E-state index in [0.29, 0.717) is 19.8 Å². The van der Waals surface area contributed by atoms with Crippen molar-refractivity contribution in [1.82, 2.24) is 0 Å². The molecular formula is C15H19BrF2O4. The highest BCUT2D eigenvalue weighted by molar-refractivity contribution is 9.10. The molecule has 1 aliphatic heterocycles. The summed E-state index contributed by atoms with van der Waals surface area (Å²) in [7, 11) is 0. The van der Waals surface area contributed by atoms with E-state index in [9.17, 15) is 8.78 Å². The van der Waals surface area contributed by atoms with Crippen molar-refractivity contribution in [3.05, 3.63) is 28.7 Å². The summed E-state index contributed by atoms with van der Waals surface area (Å²) in [6.45, 7) is 2.29. The fraction of sp³-hybridized carbons (Fsp3) is 0.600. The molecule has 1 saturated heterocycles. The molecule has 4 nitrogen and oxygen atoms in total. The largest absolute Gasteiger partial charge is 0.491 e. The Bertz CT molecular complexity index is 457. The Morgan fingerprint density at radius 2 is 2.09 bits per heavy atom. The lowest BCUT2D eigenvalue weighted by molar-refractivity contribution is -0.219. The van der Waals surface area contributed by atoms with E-state index in [0.717, 1.165) is 10.2 Å². The number of hydrogen-bond donors (Lipinski definition) is 0. The van der Waals surface area contributed by atoms with Gasteiger partial charge in [-0.3, -0.25) is 0 Å². The Hall–Kier alpha value is -0.760. The molecule has 1 aromatic rings. The van der Waals surface area contributed by atoms with Crippen molar-refractivity contribution in [2.24, 2.45) is 0 Å². The van der Waals surface area contributed by atoms with Crippen molar-refractivity contribution in [3.63, 3.8) is 0 Å². The van der Waals surface area contributed by atoms with Gasteiger partial charge in [-0.1, -0.05) is 15.9 Å². The molecule has 0 radical (unpaired) electrons. The van der Waals surface area contributed by atoms with Crippen LogP contribution in [0.3, 0.4) is 0 Å². The maximum atomic E-state index is 12.1. The van der Waals surface area contributed by atoms with Gasteiger partial charge >= 0.3 is 0 Å². The van der Waals surface area contributed by atoms with Crippen LogP contribution in [0.5, 0.6) is 5.75 Å². The number of halogens is 3. The quantitative estimate of drug-likeness (QED) is 0.727.